The van der Waals surface area contributed by atoms with Crippen molar-refractivity contribution in [1.82, 2.24) is 25.9 Å². The lowest BCUT2D eigenvalue weighted by atomic mass is 10.1. The summed E-state index contributed by atoms with van der Waals surface area (Å²) in [7, 11) is 0. The first-order valence-electron chi connectivity index (χ1n) is 7.54. The molecule has 0 amide bonds. The smallest absolute Gasteiger partial charge is 0.240 e. The van der Waals surface area contributed by atoms with Gasteiger partial charge in [0.2, 0.25) is 5.88 Å². The number of nitrogens with zero attached hydrogens (tertiary/aromatic N) is 3. The molecule has 0 bridgehead atoms. The Morgan fingerprint density at radius 1 is 1.38 bits per heavy atom. The van der Waals surface area contributed by atoms with E-state index < -0.39 is 0 Å². The molecule has 0 saturated heterocycles. The topological polar surface area (TPSA) is 82.5 Å². The molecule has 24 heavy (non-hydrogen) atoms. The summed E-state index contributed by atoms with van der Waals surface area (Å²) in [6.45, 7) is 2.82. The van der Waals surface area contributed by atoms with Crippen LogP contribution in [0.25, 0.3) is 11.3 Å². The molecule has 1 aromatic heterocycles. The zero-order valence-corrected chi connectivity index (χ0v) is 13.9. The molecule has 2 aromatic rings. The second-order valence-corrected chi connectivity index (χ2v) is 5.57. The number of ether oxygens (including phenoxy) is 1. The number of rotatable bonds is 6. The number of hydrogen-bond donors (Lipinski definition) is 3. The Kier molecular flexibility index (Phi) is 5.14. The van der Waals surface area contributed by atoms with Crippen molar-refractivity contribution < 1.29 is 9.84 Å². The molecule has 0 spiro atoms. The van der Waals surface area contributed by atoms with Crippen molar-refractivity contribution in [3.63, 3.8) is 0 Å². The van der Waals surface area contributed by atoms with E-state index in [9.17, 15) is 0 Å². The molecule has 0 atom stereocenters. The maximum atomic E-state index is 9.11. The minimum atomic E-state index is -0.0633. The predicted molar refractivity (Wildman–Crippen MR) is 90.6 cm³/mol. The summed E-state index contributed by atoms with van der Waals surface area (Å²) in [6.07, 6.45) is 3.45. The number of nitrogens with one attached hydrogen (secondary N) is 2. The number of benzene rings is 1. The van der Waals surface area contributed by atoms with E-state index >= 15 is 0 Å². The third-order valence-corrected chi connectivity index (χ3v) is 3.58. The van der Waals surface area contributed by atoms with Crippen molar-refractivity contribution in [3.05, 3.63) is 53.1 Å². The Morgan fingerprint density at radius 2 is 2.25 bits per heavy atom. The van der Waals surface area contributed by atoms with Crippen LogP contribution in [0.1, 0.15) is 12.6 Å². The standard InChI is InChI=1S/C16H18ClN5O2/c1-2-24-16-15(11-4-3-5-12(17)6-11)19-13(7-18-16)8-22-9-14(10-23)20-21-22/h3-7,9,20-21,23H,2,8,10H2,1H3. The summed E-state index contributed by atoms with van der Waals surface area (Å²) in [4.78, 5) is 9.05. The van der Waals surface area contributed by atoms with Gasteiger partial charge in [-0.3, -0.25) is 5.01 Å². The Hall–Kier alpha value is -2.35. The van der Waals surface area contributed by atoms with E-state index in [1.165, 1.54) is 0 Å². The number of hydrazine groups is 2. The lowest BCUT2D eigenvalue weighted by molar-refractivity contribution is 0.254. The Balaban J connectivity index is 1.90. The average molecular weight is 348 g/mol. The number of halogens is 1. The van der Waals surface area contributed by atoms with Gasteiger partial charge in [-0.15, -0.1) is 5.53 Å². The summed E-state index contributed by atoms with van der Waals surface area (Å²) in [5, 5.41) is 11.5. The molecular weight excluding hydrogens is 330 g/mol. The monoisotopic (exact) mass is 347 g/mol. The van der Waals surface area contributed by atoms with Gasteiger partial charge in [-0.25, -0.2) is 9.97 Å². The molecule has 7 nitrogen and oxygen atoms in total. The van der Waals surface area contributed by atoms with E-state index in [0.717, 1.165) is 11.3 Å². The van der Waals surface area contributed by atoms with Crippen LogP contribution in [0.15, 0.2) is 42.4 Å². The van der Waals surface area contributed by atoms with Crippen LogP contribution < -0.4 is 15.7 Å². The van der Waals surface area contributed by atoms with E-state index in [4.69, 9.17) is 21.4 Å². The zero-order chi connectivity index (χ0) is 16.9. The van der Waals surface area contributed by atoms with Crippen molar-refractivity contribution in [2.45, 2.75) is 13.5 Å². The van der Waals surface area contributed by atoms with Crippen LogP contribution in [0, 0.1) is 0 Å². The number of aliphatic hydroxyl groups excluding tert-OH is 1. The van der Waals surface area contributed by atoms with Gasteiger partial charge in [0, 0.05) is 16.8 Å². The van der Waals surface area contributed by atoms with Crippen LogP contribution in [-0.2, 0) is 6.54 Å². The fraction of sp³-hybridized carbons (Fsp3) is 0.250. The van der Waals surface area contributed by atoms with Gasteiger partial charge < -0.3 is 15.3 Å². The Morgan fingerprint density at radius 3 is 2.96 bits per heavy atom. The molecule has 126 valence electrons. The van der Waals surface area contributed by atoms with Crippen molar-refractivity contribution >= 4 is 11.6 Å². The van der Waals surface area contributed by atoms with Crippen LogP contribution in [-0.4, -0.2) is 33.3 Å². The number of hydrogen-bond acceptors (Lipinski definition) is 7. The molecule has 1 aromatic carbocycles. The second-order valence-electron chi connectivity index (χ2n) is 5.14. The van der Waals surface area contributed by atoms with E-state index in [2.05, 4.69) is 20.9 Å². The van der Waals surface area contributed by atoms with Gasteiger partial charge >= 0.3 is 0 Å². The molecule has 0 aliphatic carbocycles. The van der Waals surface area contributed by atoms with Crippen LogP contribution in [0.4, 0.5) is 0 Å². The van der Waals surface area contributed by atoms with Gasteiger partial charge in [0.15, 0.2) is 0 Å². The average Bonchev–Trinajstić information content (AvgIpc) is 3.04. The van der Waals surface area contributed by atoms with Crippen molar-refractivity contribution in [3.8, 4) is 17.1 Å². The fourth-order valence-electron chi connectivity index (χ4n) is 2.29. The summed E-state index contributed by atoms with van der Waals surface area (Å²) in [5.74, 6) is 0.475. The van der Waals surface area contributed by atoms with E-state index in [1.54, 1.807) is 17.4 Å². The molecule has 3 rings (SSSR count). The molecule has 1 aliphatic heterocycles. The molecule has 0 unspecified atom stereocenters. The molecule has 0 radical (unpaired) electrons. The Bertz CT molecular complexity index is 753. The molecule has 1 aliphatic rings. The van der Waals surface area contributed by atoms with Crippen LogP contribution in [0.5, 0.6) is 5.88 Å². The normalized spacial score (nSPS) is 13.6. The summed E-state index contributed by atoms with van der Waals surface area (Å²) in [6, 6.07) is 7.42. The molecular formula is C16H18ClN5O2. The van der Waals surface area contributed by atoms with Gasteiger partial charge in [0.1, 0.15) is 5.69 Å². The highest BCUT2D eigenvalue weighted by molar-refractivity contribution is 6.30. The lowest BCUT2D eigenvalue weighted by Crippen LogP contribution is -2.36. The van der Waals surface area contributed by atoms with Crippen molar-refractivity contribution in [2.24, 2.45) is 0 Å². The van der Waals surface area contributed by atoms with Gasteiger partial charge in [-0.05, 0) is 19.1 Å². The molecule has 0 saturated carbocycles. The van der Waals surface area contributed by atoms with E-state index in [-0.39, 0.29) is 6.61 Å². The highest BCUT2D eigenvalue weighted by Crippen LogP contribution is 2.28. The van der Waals surface area contributed by atoms with Gasteiger partial charge in [-0.2, -0.15) is 0 Å². The van der Waals surface area contributed by atoms with E-state index in [0.29, 0.717) is 35.4 Å². The highest BCUT2D eigenvalue weighted by atomic mass is 35.5. The van der Waals surface area contributed by atoms with Crippen molar-refractivity contribution in [2.75, 3.05) is 13.2 Å². The minimum Gasteiger partial charge on any atom is -0.476 e. The number of aliphatic hydroxyl groups is 1. The third kappa shape index (κ3) is 3.76. The first-order chi connectivity index (χ1) is 11.7. The van der Waals surface area contributed by atoms with E-state index in [1.807, 2.05) is 31.2 Å². The van der Waals surface area contributed by atoms with Gasteiger partial charge in [0.25, 0.3) is 0 Å². The molecule has 0 fully saturated rings. The molecule has 2 heterocycles. The maximum absolute atomic E-state index is 9.11. The first kappa shape index (κ1) is 16.5. The quantitative estimate of drug-likeness (QED) is 0.735. The SMILES string of the molecule is CCOc1ncc(CN2C=C(CO)NN2)nc1-c1cccc(Cl)c1. The largest absolute Gasteiger partial charge is 0.476 e. The van der Waals surface area contributed by atoms with Crippen LogP contribution in [0.3, 0.4) is 0 Å². The lowest BCUT2D eigenvalue weighted by Gasteiger charge is -2.16. The second kappa shape index (κ2) is 7.48. The minimum absolute atomic E-state index is 0.0633. The highest BCUT2D eigenvalue weighted by Gasteiger charge is 2.15. The summed E-state index contributed by atoms with van der Waals surface area (Å²) >= 11 is 6.09. The van der Waals surface area contributed by atoms with Gasteiger partial charge in [-0.1, -0.05) is 23.7 Å². The first-order valence-corrected chi connectivity index (χ1v) is 7.92. The fourth-order valence-corrected chi connectivity index (χ4v) is 2.48. The molecule has 3 N–H and O–H groups in total. The number of aromatic nitrogens is 2. The van der Waals surface area contributed by atoms with Gasteiger partial charge in [0.05, 0.1) is 37.3 Å². The summed E-state index contributed by atoms with van der Waals surface area (Å²) in [5.41, 5.74) is 8.71. The van der Waals surface area contributed by atoms with Crippen LogP contribution in [0.2, 0.25) is 5.02 Å². The van der Waals surface area contributed by atoms with Crippen LogP contribution >= 0.6 is 11.6 Å². The molecule has 8 heteroatoms. The van der Waals surface area contributed by atoms with Crippen molar-refractivity contribution in [1.29, 1.82) is 0 Å². The summed E-state index contributed by atoms with van der Waals surface area (Å²) < 4.78 is 5.59. The Labute approximate surface area is 144 Å². The maximum Gasteiger partial charge on any atom is 0.240 e. The predicted octanol–water partition coefficient (Wildman–Crippen LogP) is 1.85. The third-order valence-electron chi connectivity index (χ3n) is 3.34. The zero-order valence-electron chi connectivity index (χ0n) is 13.2.